The number of amides is 1. The monoisotopic (exact) mass is 714 g/mol. The number of rotatable bonds is 8. The molecule has 212 valence electrons. The molecule has 2 heterocycles. The van der Waals surface area contributed by atoms with E-state index >= 15 is 0 Å². The number of carbonyl (C=O) groups excluding carboxylic acids is 3. The van der Waals surface area contributed by atoms with Crippen molar-refractivity contribution in [1.29, 1.82) is 0 Å². The van der Waals surface area contributed by atoms with E-state index in [2.05, 4.69) is 10.2 Å². The Hall–Kier alpha value is -0.170. The first-order chi connectivity index (χ1) is 19.1. The van der Waals surface area contributed by atoms with Gasteiger partial charge in [-0.15, -0.1) is 0 Å². The quantitative estimate of drug-likeness (QED) is 0.119. The molecule has 0 saturated carbocycles. The molecule has 1 amide bonds. The van der Waals surface area contributed by atoms with Gasteiger partial charge >= 0.3 is 148 Å². The van der Waals surface area contributed by atoms with Crippen molar-refractivity contribution in [3.05, 3.63) is 77.5 Å². The Balaban J connectivity index is 0. The van der Waals surface area contributed by atoms with E-state index < -0.39 is 76.3 Å². The molecule has 0 atom stereocenters. The van der Waals surface area contributed by atoms with E-state index in [1.165, 1.54) is 0 Å². The van der Waals surface area contributed by atoms with Crippen LogP contribution in [0.25, 0.3) is 11.8 Å². The van der Waals surface area contributed by atoms with Crippen LogP contribution >= 0.6 is 0 Å². The molecule has 0 spiro atoms. The SMILES string of the molecule is O=C([O-])C1=NN(c2ccc(S(=O)(=O)[O-])cc2)C(=O)/C1=C/C=C/c1c(C(=O)[O-])nn(-c2ccc(S(=O)(=O)[O-])cc2)c1[O-].[Na+].[Na+].[Na+].[Na+].[Na+]. The number of hydrogen-bond donors (Lipinski definition) is 0. The predicted molar refractivity (Wildman–Crippen MR) is 127 cm³/mol. The number of hydrogen-bond acceptors (Lipinski definition) is 14. The van der Waals surface area contributed by atoms with Crippen molar-refractivity contribution in [3.8, 4) is 11.6 Å². The van der Waals surface area contributed by atoms with Crippen LogP contribution in [-0.2, 0) is 29.8 Å². The second-order valence-electron chi connectivity index (χ2n) is 7.96. The fourth-order valence-electron chi connectivity index (χ4n) is 3.53. The van der Waals surface area contributed by atoms with Crippen LogP contribution in [0.2, 0.25) is 0 Å². The van der Waals surface area contributed by atoms with Crippen LogP contribution in [0.4, 0.5) is 5.69 Å². The summed E-state index contributed by atoms with van der Waals surface area (Å²) in [5.41, 5.74) is -3.05. The number of carboxylic acids is 2. The summed E-state index contributed by atoms with van der Waals surface area (Å²) in [6.07, 6.45) is 2.72. The van der Waals surface area contributed by atoms with E-state index in [0.717, 1.165) is 66.8 Å². The van der Waals surface area contributed by atoms with Gasteiger partial charge in [-0.3, -0.25) is 4.79 Å². The molecule has 1 aliphatic heterocycles. The minimum absolute atomic E-state index is 0. The first kappa shape index (κ1) is 47.9. The van der Waals surface area contributed by atoms with Gasteiger partial charge in [0, 0.05) is 5.56 Å². The molecule has 3 aromatic rings. The molecule has 1 aliphatic rings. The van der Waals surface area contributed by atoms with E-state index in [9.17, 15) is 55.6 Å². The van der Waals surface area contributed by atoms with Gasteiger partial charge in [0.25, 0.3) is 5.91 Å². The molecule has 0 unspecified atom stereocenters. The Kier molecular flexibility index (Phi) is 20.1. The van der Waals surface area contributed by atoms with E-state index in [1.807, 2.05) is 0 Å². The third kappa shape index (κ3) is 10.9. The van der Waals surface area contributed by atoms with Gasteiger partial charge in [0.2, 0.25) is 0 Å². The largest absolute Gasteiger partial charge is 1.00 e. The Labute approximate surface area is 372 Å². The number of nitrogens with zero attached hydrogens (tertiary/aromatic N) is 4. The minimum Gasteiger partial charge on any atom is -0.858 e. The van der Waals surface area contributed by atoms with Crippen LogP contribution in [0, 0.1) is 0 Å². The average Bonchev–Trinajstić information content (AvgIpc) is 3.40. The molecule has 23 heteroatoms. The summed E-state index contributed by atoms with van der Waals surface area (Å²) in [6.45, 7) is 0. The number of benzene rings is 2. The van der Waals surface area contributed by atoms with E-state index in [0.29, 0.717) is 9.69 Å². The normalized spacial score (nSPS) is 13.4. The average molecular weight is 714 g/mol. The van der Waals surface area contributed by atoms with Crippen molar-refractivity contribution in [2.75, 3.05) is 5.01 Å². The topological polar surface area (TPSA) is 268 Å². The van der Waals surface area contributed by atoms with Crippen molar-refractivity contribution in [1.82, 2.24) is 9.78 Å². The predicted octanol–water partition coefficient (Wildman–Crippen LogP) is -17.8. The second-order valence-corrected chi connectivity index (χ2v) is 10.7. The van der Waals surface area contributed by atoms with Crippen molar-refractivity contribution in [3.63, 3.8) is 0 Å². The molecule has 1 aromatic heterocycles. The second kappa shape index (κ2) is 19.3. The van der Waals surface area contributed by atoms with Crippen LogP contribution in [0.15, 0.2) is 81.1 Å². The molecule has 4 rings (SSSR count). The van der Waals surface area contributed by atoms with Gasteiger partial charge in [-0.05, 0) is 60.5 Å². The molecule has 2 aromatic carbocycles. The molecule has 46 heavy (non-hydrogen) atoms. The third-order valence-electron chi connectivity index (χ3n) is 5.41. The van der Waals surface area contributed by atoms with E-state index in [-0.39, 0.29) is 159 Å². The Morgan fingerprint density at radius 2 is 1.20 bits per heavy atom. The molecule has 0 radical (unpaired) electrons. The number of hydrazone groups is 1. The summed E-state index contributed by atoms with van der Waals surface area (Å²) >= 11 is 0. The third-order valence-corrected chi connectivity index (χ3v) is 7.11. The summed E-state index contributed by atoms with van der Waals surface area (Å²) in [5, 5.41) is 43.9. The zero-order valence-corrected chi connectivity index (χ0v) is 36.5. The zero-order chi connectivity index (χ0) is 30.3. The maximum Gasteiger partial charge on any atom is 1.00 e. The van der Waals surface area contributed by atoms with Crippen molar-refractivity contribution in [2.24, 2.45) is 5.10 Å². The van der Waals surface area contributed by atoms with Crippen LogP contribution in [-0.4, -0.2) is 59.3 Å². The van der Waals surface area contributed by atoms with Gasteiger partial charge in [-0.2, -0.15) is 15.2 Å². The molecular formula is C23H11N4Na5O12S2. The van der Waals surface area contributed by atoms with Gasteiger partial charge in [-0.25, -0.2) is 21.5 Å². The van der Waals surface area contributed by atoms with Crippen LogP contribution in [0.3, 0.4) is 0 Å². The molecule has 16 nitrogen and oxygen atoms in total. The number of carboxylic acid groups (broad SMARTS) is 2. The Morgan fingerprint density at radius 1 is 0.739 bits per heavy atom. The van der Waals surface area contributed by atoms with Gasteiger partial charge in [-0.1, -0.05) is 12.2 Å². The number of carbonyl (C=O) groups is 3. The van der Waals surface area contributed by atoms with E-state index in [4.69, 9.17) is 0 Å². The Morgan fingerprint density at radius 3 is 1.61 bits per heavy atom. The van der Waals surface area contributed by atoms with E-state index in [1.54, 1.807) is 0 Å². The molecule has 0 N–H and O–H groups in total. The summed E-state index contributed by atoms with van der Waals surface area (Å²) < 4.78 is 67.3. The number of aromatic nitrogens is 2. The standard InChI is InChI=1S/C23H16N4O12S2.5Na/c28-20-16(18(22(30)31)24-26(20)12-4-8-14(9-5-12)40(34,35)36)2-1-3-17-19(23(32)33)25-27(21(17)29)13-6-10-15(11-7-13)41(37,38)39;;;;;/h1-11,28H,(H,30,31)(H,32,33)(H,34,35,36)(H,37,38,39);;;;;/q;5*+1/p-5/b2-1+,17-3+;;;;;. The molecule has 0 aliphatic carbocycles. The number of aromatic carboxylic acids is 1. The maximum absolute atomic E-state index is 12.9. The first-order valence-corrected chi connectivity index (χ1v) is 13.6. The zero-order valence-electron chi connectivity index (χ0n) is 24.9. The molecular weight excluding hydrogens is 703 g/mol. The molecule has 0 saturated heterocycles. The summed E-state index contributed by atoms with van der Waals surface area (Å²) in [7, 11) is -9.59. The van der Waals surface area contributed by atoms with Gasteiger partial charge in [0.05, 0.1) is 38.7 Å². The Bertz CT molecular complexity index is 1930. The summed E-state index contributed by atoms with van der Waals surface area (Å²) in [4.78, 5) is 34.8. The van der Waals surface area contributed by atoms with Gasteiger partial charge in [0.15, 0.2) is 0 Å². The first-order valence-electron chi connectivity index (χ1n) is 10.8. The fraction of sp³-hybridized carbons (Fsp3) is 0. The smallest absolute Gasteiger partial charge is 0.858 e. The molecule has 0 bridgehead atoms. The van der Waals surface area contributed by atoms with Crippen molar-refractivity contribution < 1.29 is 203 Å². The number of allylic oxidation sites excluding steroid dienone is 2. The molecule has 0 fully saturated rings. The van der Waals surface area contributed by atoms with Crippen molar-refractivity contribution in [2.45, 2.75) is 9.79 Å². The number of anilines is 1. The van der Waals surface area contributed by atoms with Crippen LogP contribution < -0.4 is 168 Å². The number of aliphatic carboxylic acids is 1. The fourth-order valence-corrected chi connectivity index (χ4v) is 4.47. The van der Waals surface area contributed by atoms with Gasteiger partial charge in [0.1, 0.15) is 31.6 Å². The maximum atomic E-state index is 12.9. The summed E-state index contributed by atoms with van der Waals surface area (Å²) in [5.74, 6) is -5.82. The van der Waals surface area contributed by atoms with Crippen LogP contribution in [0.1, 0.15) is 16.1 Å². The van der Waals surface area contributed by atoms with Crippen molar-refractivity contribution >= 4 is 55.6 Å². The van der Waals surface area contributed by atoms with Gasteiger partial charge < -0.3 is 34.0 Å². The minimum atomic E-state index is -4.80. The van der Waals surface area contributed by atoms with Crippen LogP contribution in [0.5, 0.6) is 5.88 Å². The summed E-state index contributed by atoms with van der Waals surface area (Å²) in [6, 6.07) is 7.63.